The topological polar surface area (TPSA) is 131 Å². The van der Waals surface area contributed by atoms with Crippen LogP contribution in [0.2, 0.25) is 0 Å². The number of nitrogens with two attached hydrogens (primary N) is 1. The molecule has 9 nitrogen and oxygen atoms in total. The lowest BCUT2D eigenvalue weighted by molar-refractivity contribution is -0.142. The minimum atomic E-state index is -0.735. The first-order valence-corrected chi connectivity index (χ1v) is 17.5. The highest BCUT2D eigenvalue weighted by atomic mass is 16.5. The van der Waals surface area contributed by atoms with Crippen LogP contribution in [0.4, 0.5) is 0 Å². The number of Topliss-reactive ketones (excluding diaryl/α,β-unsaturated/α-hetero) is 2. The molecular weight excluding hydrogens is 592 g/mol. The van der Waals surface area contributed by atoms with E-state index in [1.807, 2.05) is 62.4 Å². The molecule has 1 aliphatic heterocycles. The van der Waals surface area contributed by atoms with Gasteiger partial charge in [-0.1, -0.05) is 80.9 Å². The van der Waals surface area contributed by atoms with Crippen LogP contribution in [0.3, 0.4) is 0 Å². The molecular formula is C38H54N4O5. The van der Waals surface area contributed by atoms with E-state index in [4.69, 9.17) is 10.5 Å². The van der Waals surface area contributed by atoms with E-state index in [2.05, 4.69) is 22.8 Å². The van der Waals surface area contributed by atoms with Gasteiger partial charge in [-0.2, -0.15) is 0 Å². The predicted molar refractivity (Wildman–Crippen MR) is 184 cm³/mol. The molecule has 2 aliphatic rings. The average molecular weight is 647 g/mol. The van der Waals surface area contributed by atoms with Gasteiger partial charge in [0.15, 0.2) is 5.78 Å². The highest BCUT2D eigenvalue weighted by Gasteiger charge is 2.38. The number of nitrogens with one attached hydrogen (secondary N) is 2. The summed E-state index contributed by atoms with van der Waals surface area (Å²) in [7, 11) is 0. The van der Waals surface area contributed by atoms with E-state index in [0.29, 0.717) is 58.0 Å². The van der Waals surface area contributed by atoms with Gasteiger partial charge in [0.2, 0.25) is 11.8 Å². The Morgan fingerprint density at radius 3 is 2.26 bits per heavy atom. The number of unbranched alkanes of at least 4 members (excludes halogenated alkanes) is 1. The quantitative estimate of drug-likeness (QED) is 0.185. The lowest BCUT2D eigenvalue weighted by Gasteiger charge is -2.31. The van der Waals surface area contributed by atoms with E-state index in [1.54, 1.807) is 4.90 Å². The summed E-state index contributed by atoms with van der Waals surface area (Å²) in [4.78, 5) is 56.3. The van der Waals surface area contributed by atoms with Gasteiger partial charge in [-0.05, 0) is 55.7 Å². The second-order valence-corrected chi connectivity index (χ2v) is 13.6. The number of rotatable bonds is 20. The fraction of sp³-hybridized carbons (Fsp3) is 0.579. The fourth-order valence-corrected chi connectivity index (χ4v) is 6.54. The molecule has 0 spiro atoms. The molecule has 1 unspecified atom stereocenters. The largest absolute Gasteiger partial charge is 0.378 e. The van der Waals surface area contributed by atoms with Crippen LogP contribution in [0.15, 0.2) is 60.7 Å². The van der Waals surface area contributed by atoms with Crippen molar-refractivity contribution in [1.29, 1.82) is 0 Å². The second kappa shape index (κ2) is 18.8. The molecule has 47 heavy (non-hydrogen) atoms. The standard InChI is InChI=1S/C38H54N4O5/c1-27(2)21-35(36(44)24-30(15-9-10-16-39)38(46)42-17-19-47-20-18-42)41-37(45)31(22-28-11-5-3-6-12-28)23-32(43)26-40-34-25-33(34)29-13-7-4-8-14-29/h3-8,11-14,27,30-31,33-35,40H,9-10,15-26,39H2,1-2H3,(H,41,45)/t30-,31-,33+,34?,35+/m0/s1. The summed E-state index contributed by atoms with van der Waals surface area (Å²) >= 11 is 0. The summed E-state index contributed by atoms with van der Waals surface area (Å²) in [6.07, 6.45) is 4.11. The number of nitrogens with zero attached hydrogens (tertiary/aromatic N) is 1. The van der Waals surface area contributed by atoms with E-state index < -0.39 is 17.9 Å². The molecule has 5 atom stereocenters. The Balaban J connectivity index is 1.41. The highest BCUT2D eigenvalue weighted by molar-refractivity contribution is 5.94. The van der Waals surface area contributed by atoms with Gasteiger partial charge in [0.05, 0.1) is 25.8 Å². The second-order valence-electron chi connectivity index (χ2n) is 13.6. The van der Waals surface area contributed by atoms with E-state index in [0.717, 1.165) is 24.8 Å². The van der Waals surface area contributed by atoms with Crippen molar-refractivity contribution in [2.24, 2.45) is 23.5 Å². The first kappa shape index (κ1) is 36.4. The molecule has 1 saturated heterocycles. The van der Waals surface area contributed by atoms with Crippen molar-refractivity contribution < 1.29 is 23.9 Å². The van der Waals surface area contributed by atoms with Crippen LogP contribution in [-0.4, -0.2) is 79.8 Å². The molecule has 1 heterocycles. The van der Waals surface area contributed by atoms with Crippen molar-refractivity contribution in [3.05, 3.63) is 71.8 Å². The zero-order valence-corrected chi connectivity index (χ0v) is 28.2. The van der Waals surface area contributed by atoms with Gasteiger partial charge in [0.25, 0.3) is 0 Å². The van der Waals surface area contributed by atoms with Crippen molar-refractivity contribution in [2.45, 2.75) is 83.2 Å². The SMILES string of the molecule is CC(C)C[C@@H](NC(=O)[C@H](CC(=O)CNC1C[C@@H]1c1ccccc1)Cc1ccccc1)C(=O)C[C@H](CCCCN)C(=O)N1CCOCC1. The Hall–Kier alpha value is -3.40. The number of ether oxygens (including phenoxy) is 1. The van der Waals surface area contributed by atoms with Gasteiger partial charge < -0.3 is 26.0 Å². The Morgan fingerprint density at radius 2 is 1.60 bits per heavy atom. The van der Waals surface area contributed by atoms with Crippen LogP contribution in [-0.2, 0) is 30.3 Å². The number of hydrogen-bond donors (Lipinski definition) is 3. The minimum Gasteiger partial charge on any atom is -0.378 e. The average Bonchev–Trinajstić information content (AvgIpc) is 3.87. The third-order valence-electron chi connectivity index (χ3n) is 9.29. The summed E-state index contributed by atoms with van der Waals surface area (Å²) in [5.74, 6) is -1.02. The summed E-state index contributed by atoms with van der Waals surface area (Å²) in [5, 5.41) is 6.44. The van der Waals surface area contributed by atoms with E-state index in [9.17, 15) is 19.2 Å². The highest BCUT2D eigenvalue weighted by Crippen LogP contribution is 2.40. The lowest BCUT2D eigenvalue weighted by atomic mass is 9.88. The van der Waals surface area contributed by atoms with Gasteiger partial charge in [0, 0.05) is 49.7 Å². The predicted octanol–water partition coefficient (Wildman–Crippen LogP) is 4.04. The molecule has 256 valence electrons. The van der Waals surface area contributed by atoms with Gasteiger partial charge in [0.1, 0.15) is 5.78 Å². The van der Waals surface area contributed by atoms with Gasteiger partial charge in [-0.25, -0.2) is 0 Å². The summed E-state index contributed by atoms with van der Waals surface area (Å²) in [6.45, 7) is 6.79. The minimum absolute atomic E-state index is 0.0254. The molecule has 1 saturated carbocycles. The maximum atomic E-state index is 13.9. The first-order chi connectivity index (χ1) is 22.7. The Labute approximate surface area is 280 Å². The number of benzene rings is 2. The summed E-state index contributed by atoms with van der Waals surface area (Å²) < 4.78 is 5.43. The molecule has 4 N–H and O–H groups in total. The lowest BCUT2D eigenvalue weighted by Crippen LogP contribution is -2.48. The third-order valence-corrected chi connectivity index (χ3v) is 9.29. The monoisotopic (exact) mass is 646 g/mol. The van der Waals surface area contributed by atoms with Crippen molar-refractivity contribution in [3.8, 4) is 0 Å². The van der Waals surface area contributed by atoms with Crippen LogP contribution in [0.25, 0.3) is 0 Å². The van der Waals surface area contributed by atoms with Crippen molar-refractivity contribution in [3.63, 3.8) is 0 Å². The van der Waals surface area contributed by atoms with Gasteiger partial charge in [-0.3, -0.25) is 19.2 Å². The molecule has 0 radical (unpaired) electrons. The Kier molecular flexibility index (Phi) is 14.6. The fourth-order valence-electron chi connectivity index (χ4n) is 6.54. The number of ketones is 2. The number of carbonyl (C=O) groups is 4. The molecule has 2 aromatic rings. The van der Waals surface area contributed by atoms with Gasteiger partial charge in [-0.15, -0.1) is 0 Å². The zero-order valence-electron chi connectivity index (χ0n) is 28.2. The van der Waals surface area contributed by atoms with Crippen LogP contribution in [0.1, 0.15) is 75.8 Å². The molecule has 2 amide bonds. The van der Waals surface area contributed by atoms with Gasteiger partial charge >= 0.3 is 0 Å². The normalized spacial score (nSPS) is 19.5. The molecule has 0 bridgehead atoms. The first-order valence-electron chi connectivity index (χ1n) is 17.5. The molecule has 2 aromatic carbocycles. The molecule has 0 aromatic heterocycles. The van der Waals surface area contributed by atoms with Crippen molar-refractivity contribution in [1.82, 2.24) is 15.5 Å². The number of hydrogen-bond acceptors (Lipinski definition) is 7. The third kappa shape index (κ3) is 12.0. The molecule has 9 heteroatoms. The smallest absolute Gasteiger partial charge is 0.226 e. The van der Waals surface area contributed by atoms with Crippen molar-refractivity contribution in [2.75, 3.05) is 39.4 Å². The van der Waals surface area contributed by atoms with Crippen LogP contribution < -0.4 is 16.4 Å². The maximum Gasteiger partial charge on any atom is 0.226 e. The van der Waals surface area contributed by atoms with Crippen molar-refractivity contribution >= 4 is 23.4 Å². The van der Waals surface area contributed by atoms with Crippen LogP contribution in [0, 0.1) is 17.8 Å². The Morgan fingerprint density at radius 1 is 0.915 bits per heavy atom. The molecule has 4 rings (SSSR count). The van der Waals surface area contributed by atoms with E-state index in [1.165, 1.54) is 5.56 Å². The number of carbonyl (C=O) groups excluding carboxylic acids is 4. The Bertz CT molecular complexity index is 1280. The van der Waals surface area contributed by atoms with Crippen LogP contribution >= 0.6 is 0 Å². The van der Waals surface area contributed by atoms with E-state index in [-0.39, 0.29) is 54.7 Å². The zero-order chi connectivity index (χ0) is 33.6. The van der Waals surface area contributed by atoms with E-state index >= 15 is 0 Å². The molecule has 2 fully saturated rings. The number of morpholine rings is 1. The number of amides is 2. The molecule has 1 aliphatic carbocycles. The summed E-state index contributed by atoms with van der Waals surface area (Å²) in [6, 6.07) is 19.5. The summed E-state index contributed by atoms with van der Waals surface area (Å²) in [5.41, 5.74) is 7.96. The van der Waals surface area contributed by atoms with Crippen LogP contribution in [0.5, 0.6) is 0 Å². The maximum absolute atomic E-state index is 13.9.